The summed E-state index contributed by atoms with van der Waals surface area (Å²) in [4.78, 5) is 11.4. The lowest BCUT2D eigenvalue weighted by Gasteiger charge is -2.02. The highest BCUT2D eigenvalue weighted by molar-refractivity contribution is 5.97. The molecule has 0 spiro atoms. The minimum atomic E-state index is -0.733. The summed E-state index contributed by atoms with van der Waals surface area (Å²) in [5, 5.41) is 3.46. The fraction of sp³-hybridized carbons (Fsp3) is 0.0909. The van der Waals surface area contributed by atoms with Crippen molar-refractivity contribution in [2.75, 3.05) is 12.8 Å². The van der Waals surface area contributed by atoms with Gasteiger partial charge in [-0.05, 0) is 6.07 Å². The maximum absolute atomic E-state index is 13.6. The van der Waals surface area contributed by atoms with Gasteiger partial charge < -0.3 is 15.0 Å². The van der Waals surface area contributed by atoms with Crippen LogP contribution in [0.5, 0.6) is 0 Å². The van der Waals surface area contributed by atoms with Crippen LogP contribution in [-0.4, -0.2) is 18.2 Å². The number of methoxy groups -OCH3 is 1. The second-order valence-corrected chi connectivity index (χ2v) is 3.24. The molecule has 1 aromatic heterocycles. The number of hydrogen-bond acceptors (Lipinski definition) is 5. The van der Waals surface area contributed by atoms with E-state index in [1.54, 1.807) is 6.07 Å². The Bertz CT molecular complexity index is 566. The van der Waals surface area contributed by atoms with Crippen LogP contribution in [0.1, 0.15) is 10.5 Å². The second kappa shape index (κ2) is 4.25. The Balaban J connectivity index is 2.63. The van der Waals surface area contributed by atoms with E-state index in [9.17, 15) is 9.18 Å². The summed E-state index contributed by atoms with van der Waals surface area (Å²) >= 11 is 0. The van der Waals surface area contributed by atoms with Crippen LogP contribution in [0.4, 0.5) is 10.3 Å². The highest BCUT2D eigenvalue weighted by atomic mass is 19.1. The molecule has 1 heterocycles. The van der Waals surface area contributed by atoms with E-state index in [0.29, 0.717) is 0 Å². The van der Waals surface area contributed by atoms with Crippen molar-refractivity contribution in [3.05, 3.63) is 35.8 Å². The number of halogens is 1. The molecule has 88 valence electrons. The smallest absolute Gasteiger partial charge is 0.361 e. The van der Waals surface area contributed by atoms with Crippen molar-refractivity contribution in [3.8, 4) is 11.1 Å². The van der Waals surface area contributed by atoms with Crippen molar-refractivity contribution in [1.29, 1.82) is 0 Å². The zero-order valence-electron chi connectivity index (χ0n) is 8.94. The Morgan fingerprint density at radius 3 is 2.82 bits per heavy atom. The summed E-state index contributed by atoms with van der Waals surface area (Å²) in [7, 11) is 1.19. The number of aromatic nitrogens is 1. The number of nitrogen functional groups attached to an aromatic ring is 1. The molecule has 2 rings (SSSR count). The third-order valence-electron chi connectivity index (χ3n) is 2.24. The molecule has 0 aliphatic carbocycles. The average Bonchev–Trinajstić information content (AvgIpc) is 2.71. The van der Waals surface area contributed by atoms with E-state index in [1.165, 1.54) is 25.3 Å². The molecule has 0 aliphatic heterocycles. The summed E-state index contributed by atoms with van der Waals surface area (Å²) in [6.45, 7) is 0. The average molecular weight is 236 g/mol. The van der Waals surface area contributed by atoms with Gasteiger partial charge in [0.15, 0.2) is 0 Å². The zero-order valence-corrected chi connectivity index (χ0v) is 8.94. The van der Waals surface area contributed by atoms with Gasteiger partial charge in [0.05, 0.1) is 12.7 Å². The van der Waals surface area contributed by atoms with Crippen LogP contribution in [0.2, 0.25) is 0 Å². The van der Waals surface area contributed by atoms with E-state index >= 15 is 0 Å². The first-order valence-corrected chi connectivity index (χ1v) is 4.73. The zero-order chi connectivity index (χ0) is 12.4. The normalized spacial score (nSPS) is 10.2. The number of benzene rings is 1. The Morgan fingerprint density at radius 1 is 1.47 bits per heavy atom. The molecule has 0 radical (unpaired) electrons. The monoisotopic (exact) mass is 236 g/mol. The van der Waals surface area contributed by atoms with Gasteiger partial charge in [-0.3, -0.25) is 0 Å². The summed E-state index contributed by atoms with van der Waals surface area (Å²) in [5.74, 6) is -1.38. The van der Waals surface area contributed by atoms with Crippen molar-refractivity contribution in [2.24, 2.45) is 0 Å². The fourth-order valence-corrected chi connectivity index (χ4v) is 1.46. The molecule has 17 heavy (non-hydrogen) atoms. The Morgan fingerprint density at radius 2 is 2.18 bits per heavy atom. The SMILES string of the molecule is COC(=O)c1noc(N)c1-c1ccccc1F. The summed E-state index contributed by atoms with van der Waals surface area (Å²) in [6, 6.07) is 5.87. The lowest BCUT2D eigenvalue weighted by molar-refractivity contribution is 0.0590. The maximum atomic E-state index is 13.6. The van der Waals surface area contributed by atoms with Gasteiger partial charge in [0.2, 0.25) is 11.6 Å². The number of anilines is 1. The number of carbonyl (C=O) groups is 1. The number of esters is 1. The Kier molecular flexibility index (Phi) is 2.78. The first kappa shape index (κ1) is 11.1. The topological polar surface area (TPSA) is 78.3 Å². The van der Waals surface area contributed by atoms with E-state index < -0.39 is 11.8 Å². The molecule has 0 amide bonds. The maximum Gasteiger partial charge on any atom is 0.361 e. The van der Waals surface area contributed by atoms with Gasteiger partial charge in [-0.2, -0.15) is 0 Å². The Hall–Kier alpha value is -2.37. The molecule has 0 atom stereocenters. The summed E-state index contributed by atoms with van der Waals surface area (Å²) in [5.41, 5.74) is 5.64. The summed E-state index contributed by atoms with van der Waals surface area (Å²) in [6.07, 6.45) is 0. The minimum absolute atomic E-state index is 0.106. The summed E-state index contributed by atoms with van der Waals surface area (Å²) < 4.78 is 22.8. The van der Waals surface area contributed by atoms with Crippen LogP contribution in [0.15, 0.2) is 28.8 Å². The predicted molar refractivity (Wildman–Crippen MR) is 57.6 cm³/mol. The molecule has 0 bridgehead atoms. The molecular weight excluding hydrogens is 227 g/mol. The predicted octanol–water partition coefficient (Wildman–Crippen LogP) is 1.85. The second-order valence-electron chi connectivity index (χ2n) is 3.24. The lowest BCUT2D eigenvalue weighted by Crippen LogP contribution is -2.04. The van der Waals surface area contributed by atoms with Gasteiger partial charge in [0.25, 0.3) is 0 Å². The van der Waals surface area contributed by atoms with Crippen molar-refractivity contribution in [2.45, 2.75) is 0 Å². The molecule has 5 nitrogen and oxygen atoms in total. The quantitative estimate of drug-likeness (QED) is 0.805. The van der Waals surface area contributed by atoms with Gasteiger partial charge in [0, 0.05) is 5.56 Å². The molecule has 0 saturated heterocycles. The van der Waals surface area contributed by atoms with Crippen molar-refractivity contribution < 1.29 is 18.4 Å². The van der Waals surface area contributed by atoms with Crippen molar-refractivity contribution >= 4 is 11.9 Å². The molecule has 2 N–H and O–H groups in total. The van der Waals surface area contributed by atoms with Crippen LogP contribution in [0.3, 0.4) is 0 Å². The van der Waals surface area contributed by atoms with Gasteiger partial charge in [-0.1, -0.05) is 23.4 Å². The molecule has 0 aliphatic rings. The van der Waals surface area contributed by atoms with Crippen molar-refractivity contribution in [3.63, 3.8) is 0 Å². The van der Waals surface area contributed by atoms with Gasteiger partial charge in [-0.15, -0.1) is 0 Å². The van der Waals surface area contributed by atoms with E-state index in [1.807, 2.05) is 0 Å². The number of ether oxygens (including phenoxy) is 1. The van der Waals surface area contributed by atoms with Crippen LogP contribution in [0.25, 0.3) is 11.1 Å². The van der Waals surface area contributed by atoms with Gasteiger partial charge in [0.1, 0.15) is 5.82 Å². The van der Waals surface area contributed by atoms with E-state index in [4.69, 9.17) is 5.73 Å². The van der Waals surface area contributed by atoms with Crippen LogP contribution in [0, 0.1) is 5.82 Å². The number of carbonyl (C=O) groups excluding carboxylic acids is 1. The standard InChI is InChI=1S/C11H9FN2O3/c1-16-11(15)9-8(10(13)17-14-9)6-4-2-3-5-7(6)12/h2-5H,13H2,1H3. The van der Waals surface area contributed by atoms with Gasteiger partial charge in [-0.25, -0.2) is 9.18 Å². The van der Waals surface area contributed by atoms with Crippen LogP contribution >= 0.6 is 0 Å². The molecule has 0 unspecified atom stereocenters. The van der Waals surface area contributed by atoms with E-state index in [0.717, 1.165) is 0 Å². The molecule has 0 saturated carbocycles. The minimum Gasteiger partial charge on any atom is -0.464 e. The van der Waals surface area contributed by atoms with Crippen LogP contribution in [-0.2, 0) is 4.74 Å². The third kappa shape index (κ3) is 1.84. The van der Waals surface area contributed by atoms with Crippen molar-refractivity contribution in [1.82, 2.24) is 5.16 Å². The molecular formula is C11H9FN2O3. The number of nitrogens with two attached hydrogens (primary N) is 1. The number of hydrogen-bond donors (Lipinski definition) is 1. The molecule has 0 fully saturated rings. The third-order valence-corrected chi connectivity index (χ3v) is 2.24. The largest absolute Gasteiger partial charge is 0.464 e. The van der Waals surface area contributed by atoms with Gasteiger partial charge >= 0.3 is 5.97 Å². The number of rotatable bonds is 2. The molecule has 6 heteroatoms. The lowest BCUT2D eigenvalue weighted by atomic mass is 10.1. The first-order valence-electron chi connectivity index (χ1n) is 4.73. The Labute approximate surface area is 96.0 Å². The highest BCUT2D eigenvalue weighted by Crippen LogP contribution is 2.31. The van der Waals surface area contributed by atoms with E-state index in [2.05, 4.69) is 14.4 Å². The fourth-order valence-electron chi connectivity index (χ4n) is 1.46. The molecule has 1 aromatic carbocycles. The van der Waals surface area contributed by atoms with E-state index in [-0.39, 0.29) is 22.7 Å². The highest BCUT2D eigenvalue weighted by Gasteiger charge is 2.24. The number of nitrogens with zero attached hydrogens (tertiary/aromatic N) is 1. The molecule has 2 aromatic rings. The van der Waals surface area contributed by atoms with Crippen LogP contribution < -0.4 is 5.73 Å². The first-order chi connectivity index (χ1) is 8.15.